The quantitative estimate of drug-likeness (QED) is 0.499. The molecule has 3 N–H and O–H groups in total. The van der Waals surface area contributed by atoms with Crippen LogP contribution in [0, 0.1) is 0 Å². The van der Waals surface area contributed by atoms with E-state index < -0.39 is 12.1 Å². The highest BCUT2D eigenvalue weighted by Gasteiger charge is 2.20. The lowest BCUT2D eigenvalue weighted by Crippen LogP contribution is -2.36. The number of carbonyl (C=O) groups is 2. The Morgan fingerprint density at radius 1 is 1.25 bits per heavy atom. The van der Waals surface area contributed by atoms with Crippen LogP contribution < -0.4 is 15.8 Å². The third-order valence-electron chi connectivity index (χ3n) is 2.18. The van der Waals surface area contributed by atoms with Crippen LogP contribution in [0.15, 0.2) is 41.6 Å². The van der Waals surface area contributed by atoms with Gasteiger partial charge in [0.2, 0.25) is 0 Å². The molecule has 1 rings (SSSR count). The summed E-state index contributed by atoms with van der Waals surface area (Å²) in [6, 6.07) is 8.42. The summed E-state index contributed by atoms with van der Waals surface area (Å²) in [5, 5.41) is 2.26. The van der Waals surface area contributed by atoms with Gasteiger partial charge in [-0.2, -0.15) is 0 Å². The van der Waals surface area contributed by atoms with Gasteiger partial charge in [0.15, 0.2) is 0 Å². The third-order valence-corrected chi connectivity index (χ3v) is 2.49. The predicted molar refractivity (Wildman–Crippen MR) is 77.1 cm³/mol. The zero-order chi connectivity index (χ0) is 15.1. The molecule has 0 saturated heterocycles. The van der Waals surface area contributed by atoms with Crippen molar-refractivity contribution in [2.24, 2.45) is 5.73 Å². The molecule has 0 heterocycles. The Bertz CT molecular complexity index is 551. The lowest BCUT2D eigenvalue weighted by molar-refractivity contribution is -0.135. The third kappa shape index (κ3) is 4.36. The molecule has 1 amide bonds. The number of thiocarbonyl (C=S) groups is 1. The highest BCUT2D eigenvalue weighted by molar-refractivity contribution is 7.80. The van der Waals surface area contributed by atoms with E-state index in [1.165, 1.54) is 14.0 Å². The van der Waals surface area contributed by atoms with Crippen LogP contribution in [0.1, 0.15) is 6.92 Å². The number of amides is 1. The Morgan fingerprint density at radius 2 is 1.85 bits per heavy atom. The molecule has 0 aliphatic carbocycles. The maximum Gasteiger partial charge on any atom is 0.417 e. The van der Waals surface area contributed by atoms with Crippen molar-refractivity contribution in [3.8, 4) is 5.75 Å². The predicted octanol–water partition coefficient (Wildman–Crippen LogP) is 1.51. The van der Waals surface area contributed by atoms with E-state index in [-0.39, 0.29) is 16.3 Å². The zero-order valence-corrected chi connectivity index (χ0v) is 11.8. The Balaban J connectivity index is 2.72. The molecule has 106 valence electrons. The standard InChI is InChI=1S/C13H14N2O4S/c1-8(14)10(12(16)18-2)11(20)15-13(17)19-9-6-4-3-5-7-9/h3-7H,14H2,1-2H3,(H,15,17,20). The molecule has 0 unspecified atom stereocenters. The maximum atomic E-state index is 11.6. The summed E-state index contributed by atoms with van der Waals surface area (Å²) < 4.78 is 9.51. The topological polar surface area (TPSA) is 90.6 Å². The van der Waals surface area contributed by atoms with Crippen LogP contribution in [0.25, 0.3) is 0 Å². The fourth-order valence-corrected chi connectivity index (χ4v) is 1.64. The van der Waals surface area contributed by atoms with Gasteiger partial charge in [-0.3, -0.25) is 5.32 Å². The zero-order valence-electron chi connectivity index (χ0n) is 11.0. The van der Waals surface area contributed by atoms with Crippen LogP contribution in [-0.2, 0) is 9.53 Å². The van der Waals surface area contributed by atoms with Gasteiger partial charge >= 0.3 is 12.1 Å². The van der Waals surface area contributed by atoms with E-state index in [2.05, 4.69) is 10.1 Å². The van der Waals surface area contributed by atoms with E-state index in [0.29, 0.717) is 5.75 Å². The van der Waals surface area contributed by atoms with E-state index in [1.54, 1.807) is 30.3 Å². The smallest absolute Gasteiger partial charge is 0.417 e. The van der Waals surface area contributed by atoms with Gasteiger partial charge < -0.3 is 15.2 Å². The normalized spacial score (nSPS) is 11.1. The summed E-state index contributed by atoms with van der Waals surface area (Å²) in [4.78, 5) is 23.0. The minimum atomic E-state index is -0.816. The van der Waals surface area contributed by atoms with Crippen LogP contribution in [0.3, 0.4) is 0 Å². The molecule has 0 radical (unpaired) electrons. The Morgan fingerprint density at radius 3 is 2.35 bits per heavy atom. The lowest BCUT2D eigenvalue weighted by atomic mass is 10.2. The average molecular weight is 294 g/mol. The number of nitrogens with one attached hydrogen (secondary N) is 1. The van der Waals surface area contributed by atoms with Gasteiger partial charge in [-0.1, -0.05) is 30.4 Å². The number of carbonyl (C=O) groups excluding carboxylic acids is 2. The number of ether oxygens (including phenoxy) is 2. The first kappa shape index (κ1) is 15.6. The molecule has 0 spiro atoms. The van der Waals surface area contributed by atoms with Crippen molar-refractivity contribution < 1.29 is 19.1 Å². The van der Waals surface area contributed by atoms with Gasteiger partial charge in [0.1, 0.15) is 16.3 Å². The van der Waals surface area contributed by atoms with Crippen LogP contribution >= 0.6 is 12.2 Å². The summed E-state index contributed by atoms with van der Waals surface area (Å²) in [6.45, 7) is 1.47. The molecule has 20 heavy (non-hydrogen) atoms. The summed E-state index contributed by atoms with van der Waals surface area (Å²) in [5.41, 5.74) is 5.61. The number of esters is 1. The van der Waals surface area contributed by atoms with Crippen LogP contribution in [0.2, 0.25) is 0 Å². The van der Waals surface area contributed by atoms with Gasteiger partial charge in [0.05, 0.1) is 7.11 Å². The molecule has 6 nitrogen and oxygen atoms in total. The van der Waals surface area contributed by atoms with E-state index in [9.17, 15) is 9.59 Å². The summed E-state index contributed by atoms with van der Waals surface area (Å²) >= 11 is 4.94. The number of nitrogens with two attached hydrogens (primary N) is 1. The number of rotatable bonds is 3. The highest BCUT2D eigenvalue weighted by atomic mass is 32.1. The number of benzene rings is 1. The van der Waals surface area contributed by atoms with E-state index >= 15 is 0 Å². The first-order valence-electron chi connectivity index (χ1n) is 5.58. The molecule has 0 atom stereocenters. The Hall–Kier alpha value is -2.41. The van der Waals surface area contributed by atoms with Crippen molar-refractivity contribution in [1.29, 1.82) is 0 Å². The molecule has 0 bridgehead atoms. The van der Waals surface area contributed by atoms with Crippen LogP contribution in [0.5, 0.6) is 5.75 Å². The second kappa shape index (κ2) is 7.25. The molecule has 1 aromatic rings. The van der Waals surface area contributed by atoms with E-state index in [0.717, 1.165) is 0 Å². The second-order valence-corrected chi connectivity index (χ2v) is 4.11. The molecule has 7 heteroatoms. The number of hydrogen-bond donors (Lipinski definition) is 2. The summed E-state index contributed by atoms with van der Waals surface area (Å²) in [7, 11) is 1.19. The maximum absolute atomic E-state index is 11.6. The molecule has 0 aliphatic heterocycles. The summed E-state index contributed by atoms with van der Waals surface area (Å²) in [5.74, 6) is -0.379. The number of methoxy groups -OCH3 is 1. The van der Waals surface area contributed by atoms with Crippen molar-refractivity contribution in [1.82, 2.24) is 5.32 Å². The monoisotopic (exact) mass is 294 g/mol. The minimum Gasteiger partial charge on any atom is -0.465 e. The second-order valence-electron chi connectivity index (χ2n) is 3.71. The molecule has 0 saturated carbocycles. The molecule has 0 aliphatic rings. The SMILES string of the molecule is COC(=O)C(C(=S)NC(=O)Oc1ccccc1)=C(C)N. The molecular formula is C13H14N2O4S. The Labute approximate surface area is 121 Å². The number of para-hydroxylation sites is 1. The molecule has 0 fully saturated rings. The van der Waals surface area contributed by atoms with Crippen molar-refractivity contribution in [3.63, 3.8) is 0 Å². The number of hydrogen-bond acceptors (Lipinski definition) is 6. The molecule has 1 aromatic carbocycles. The summed E-state index contributed by atoms with van der Waals surface area (Å²) in [6.07, 6.45) is -0.816. The highest BCUT2D eigenvalue weighted by Crippen LogP contribution is 2.09. The minimum absolute atomic E-state index is 0.0764. The van der Waals surface area contributed by atoms with E-state index in [1.807, 2.05) is 0 Å². The Kier molecular flexibility index (Phi) is 5.67. The van der Waals surface area contributed by atoms with Gasteiger partial charge in [-0.25, -0.2) is 9.59 Å². The first-order chi connectivity index (χ1) is 9.45. The van der Waals surface area contributed by atoms with Gasteiger partial charge in [-0.05, 0) is 19.1 Å². The van der Waals surface area contributed by atoms with Crippen molar-refractivity contribution in [2.75, 3.05) is 7.11 Å². The van der Waals surface area contributed by atoms with Crippen molar-refractivity contribution >= 4 is 29.3 Å². The fraction of sp³-hybridized carbons (Fsp3) is 0.154. The molecule has 0 aromatic heterocycles. The van der Waals surface area contributed by atoms with Gasteiger partial charge in [0, 0.05) is 5.70 Å². The van der Waals surface area contributed by atoms with Crippen LogP contribution in [-0.4, -0.2) is 24.2 Å². The average Bonchev–Trinajstić information content (AvgIpc) is 2.38. The van der Waals surface area contributed by atoms with Crippen molar-refractivity contribution in [3.05, 3.63) is 41.6 Å². The van der Waals surface area contributed by atoms with Gasteiger partial charge in [-0.15, -0.1) is 0 Å². The first-order valence-corrected chi connectivity index (χ1v) is 5.99. The van der Waals surface area contributed by atoms with E-state index in [4.69, 9.17) is 22.7 Å². The lowest BCUT2D eigenvalue weighted by Gasteiger charge is -2.10. The largest absolute Gasteiger partial charge is 0.465 e. The van der Waals surface area contributed by atoms with Crippen LogP contribution in [0.4, 0.5) is 4.79 Å². The fourth-order valence-electron chi connectivity index (χ4n) is 1.31. The van der Waals surface area contributed by atoms with Crippen molar-refractivity contribution in [2.45, 2.75) is 6.92 Å². The number of allylic oxidation sites excluding steroid dienone is 1. The molecular weight excluding hydrogens is 280 g/mol. The van der Waals surface area contributed by atoms with Gasteiger partial charge in [0.25, 0.3) is 0 Å².